The summed E-state index contributed by atoms with van der Waals surface area (Å²) in [5.74, 6) is 0.859. The van der Waals surface area contributed by atoms with Crippen LogP contribution in [0.4, 0.5) is 5.69 Å². The minimum Gasteiger partial charge on any atom is -0.325 e. The molecule has 4 aromatic rings. The number of hydrogen-bond acceptors (Lipinski definition) is 5. The Morgan fingerprint density at radius 3 is 2.35 bits per heavy atom. The van der Waals surface area contributed by atoms with E-state index in [-0.39, 0.29) is 11.7 Å². The number of carbonyl (C=O) groups is 1. The van der Waals surface area contributed by atoms with Crippen molar-refractivity contribution in [2.45, 2.75) is 25.9 Å². The number of thioether (sulfide) groups is 1. The molecule has 0 atom stereocenters. The summed E-state index contributed by atoms with van der Waals surface area (Å²) in [6.07, 6.45) is 3.46. The van der Waals surface area contributed by atoms with Crippen molar-refractivity contribution < 1.29 is 4.79 Å². The maximum atomic E-state index is 12.6. The SMILES string of the molecule is Cc1ccc(-n2c(SCC(=O)Nc3ccc(C)cc3C)nnc2-c2ccncc2)cc1. The fourth-order valence-electron chi connectivity index (χ4n) is 3.25. The average Bonchev–Trinajstić information content (AvgIpc) is 3.19. The number of aromatic nitrogens is 4. The third-order valence-electron chi connectivity index (χ3n) is 4.85. The van der Waals surface area contributed by atoms with Crippen LogP contribution in [0.3, 0.4) is 0 Å². The molecule has 2 heterocycles. The molecule has 2 aromatic heterocycles. The van der Waals surface area contributed by atoms with Crippen LogP contribution in [-0.4, -0.2) is 31.4 Å². The van der Waals surface area contributed by atoms with Crippen molar-refractivity contribution >= 4 is 23.4 Å². The molecule has 7 heteroatoms. The zero-order valence-corrected chi connectivity index (χ0v) is 18.5. The summed E-state index contributed by atoms with van der Waals surface area (Å²) in [5.41, 5.74) is 6.06. The number of nitrogens with zero attached hydrogens (tertiary/aromatic N) is 4. The van der Waals surface area contributed by atoms with Gasteiger partial charge in [-0.05, 0) is 56.7 Å². The van der Waals surface area contributed by atoms with Crippen LogP contribution in [0.25, 0.3) is 17.1 Å². The van der Waals surface area contributed by atoms with Crippen LogP contribution in [0.5, 0.6) is 0 Å². The van der Waals surface area contributed by atoms with E-state index in [1.165, 1.54) is 22.9 Å². The summed E-state index contributed by atoms with van der Waals surface area (Å²) < 4.78 is 1.98. The van der Waals surface area contributed by atoms with Gasteiger partial charge in [0.1, 0.15) is 0 Å². The van der Waals surface area contributed by atoms with E-state index in [1.807, 2.05) is 73.9 Å². The lowest BCUT2D eigenvalue weighted by molar-refractivity contribution is -0.113. The predicted octanol–water partition coefficient (Wildman–Crippen LogP) is 4.99. The van der Waals surface area contributed by atoms with E-state index in [0.29, 0.717) is 11.0 Å². The summed E-state index contributed by atoms with van der Waals surface area (Å²) in [5, 5.41) is 12.4. The first-order valence-corrected chi connectivity index (χ1v) is 10.9. The van der Waals surface area contributed by atoms with Gasteiger partial charge >= 0.3 is 0 Å². The fourth-order valence-corrected chi connectivity index (χ4v) is 4.00. The van der Waals surface area contributed by atoms with Crippen molar-refractivity contribution in [3.05, 3.63) is 83.7 Å². The molecule has 0 spiro atoms. The molecule has 0 unspecified atom stereocenters. The van der Waals surface area contributed by atoms with E-state index in [2.05, 4.69) is 26.6 Å². The molecule has 0 aliphatic heterocycles. The van der Waals surface area contributed by atoms with Gasteiger partial charge in [0, 0.05) is 29.3 Å². The van der Waals surface area contributed by atoms with Crippen molar-refractivity contribution in [3.8, 4) is 17.1 Å². The topological polar surface area (TPSA) is 72.7 Å². The Labute approximate surface area is 185 Å². The normalized spacial score (nSPS) is 10.8. The molecule has 0 fully saturated rings. The van der Waals surface area contributed by atoms with Crippen molar-refractivity contribution in [1.82, 2.24) is 19.7 Å². The van der Waals surface area contributed by atoms with Gasteiger partial charge in [0.25, 0.3) is 0 Å². The van der Waals surface area contributed by atoms with Gasteiger partial charge in [-0.15, -0.1) is 10.2 Å². The van der Waals surface area contributed by atoms with E-state index in [0.717, 1.165) is 22.5 Å². The maximum Gasteiger partial charge on any atom is 0.234 e. The molecule has 0 bridgehead atoms. The monoisotopic (exact) mass is 429 g/mol. The highest BCUT2D eigenvalue weighted by Crippen LogP contribution is 2.28. The molecule has 156 valence electrons. The summed E-state index contributed by atoms with van der Waals surface area (Å²) in [6.45, 7) is 6.07. The lowest BCUT2D eigenvalue weighted by Gasteiger charge is -2.11. The van der Waals surface area contributed by atoms with Gasteiger partial charge in [0.2, 0.25) is 5.91 Å². The largest absolute Gasteiger partial charge is 0.325 e. The molecule has 2 aromatic carbocycles. The molecule has 31 heavy (non-hydrogen) atoms. The van der Waals surface area contributed by atoms with Gasteiger partial charge in [-0.25, -0.2) is 0 Å². The molecule has 0 saturated heterocycles. The van der Waals surface area contributed by atoms with E-state index < -0.39 is 0 Å². The number of benzene rings is 2. The zero-order chi connectivity index (χ0) is 21.8. The molecule has 1 amide bonds. The predicted molar refractivity (Wildman–Crippen MR) is 125 cm³/mol. The number of anilines is 1. The summed E-state index contributed by atoms with van der Waals surface area (Å²) in [7, 11) is 0. The second-order valence-electron chi connectivity index (χ2n) is 7.37. The number of rotatable bonds is 6. The molecule has 1 N–H and O–H groups in total. The van der Waals surface area contributed by atoms with Crippen LogP contribution in [0.2, 0.25) is 0 Å². The Kier molecular flexibility index (Phi) is 6.13. The van der Waals surface area contributed by atoms with E-state index in [1.54, 1.807) is 12.4 Å². The highest BCUT2D eigenvalue weighted by atomic mass is 32.2. The molecule has 4 rings (SSSR count). The van der Waals surface area contributed by atoms with E-state index in [4.69, 9.17) is 0 Å². The molecule has 6 nitrogen and oxygen atoms in total. The second-order valence-corrected chi connectivity index (χ2v) is 8.31. The summed E-state index contributed by atoms with van der Waals surface area (Å²) >= 11 is 1.36. The fraction of sp³-hybridized carbons (Fsp3) is 0.167. The first-order chi connectivity index (χ1) is 15.0. The number of hydrogen-bond donors (Lipinski definition) is 1. The van der Waals surface area contributed by atoms with Gasteiger partial charge in [-0.3, -0.25) is 14.3 Å². The quantitative estimate of drug-likeness (QED) is 0.437. The van der Waals surface area contributed by atoms with Gasteiger partial charge in [-0.2, -0.15) is 0 Å². The van der Waals surface area contributed by atoms with Crippen LogP contribution in [0.1, 0.15) is 16.7 Å². The summed E-state index contributed by atoms with van der Waals surface area (Å²) in [6, 6.07) is 17.9. The molecule has 0 radical (unpaired) electrons. The Hall–Kier alpha value is -3.45. The molecular weight excluding hydrogens is 406 g/mol. The van der Waals surface area contributed by atoms with Gasteiger partial charge in [0.05, 0.1) is 5.75 Å². The number of amides is 1. The minimum atomic E-state index is -0.0825. The Morgan fingerprint density at radius 2 is 1.65 bits per heavy atom. The molecule has 0 aliphatic carbocycles. The lowest BCUT2D eigenvalue weighted by Crippen LogP contribution is -2.15. The van der Waals surface area contributed by atoms with Crippen molar-refractivity contribution in [3.63, 3.8) is 0 Å². The summed E-state index contributed by atoms with van der Waals surface area (Å²) in [4.78, 5) is 16.7. The van der Waals surface area contributed by atoms with Crippen LogP contribution >= 0.6 is 11.8 Å². The lowest BCUT2D eigenvalue weighted by atomic mass is 10.1. The van der Waals surface area contributed by atoms with Crippen molar-refractivity contribution in [2.24, 2.45) is 0 Å². The number of pyridine rings is 1. The minimum absolute atomic E-state index is 0.0825. The molecular formula is C24H23N5OS. The van der Waals surface area contributed by atoms with Gasteiger partial charge in [-0.1, -0.05) is 47.2 Å². The highest BCUT2D eigenvalue weighted by Gasteiger charge is 2.17. The third kappa shape index (κ3) is 4.83. The Bertz CT molecular complexity index is 1200. The average molecular weight is 430 g/mol. The first kappa shape index (κ1) is 20.8. The second kappa shape index (κ2) is 9.14. The van der Waals surface area contributed by atoms with Crippen molar-refractivity contribution in [1.29, 1.82) is 0 Å². The van der Waals surface area contributed by atoms with Crippen LogP contribution in [0, 0.1) is 20.8 Å². The number of aryl methyl sites for hydroxylation is 3. The molecule has 0 aliphatic rings. The Morgan fingerprint density at radius 1 is 0.935 bits per heavy atom. The van der Waals surface area contributed by atoms with Crippen LogP contribution < -0.4 is 5.32 Å². The van der Waals surface area contributed by atoms with Gasteiger partial charge in [0.15, 0.2) is 11.0 Å². The van der Waals surface area contributed by atoms with Crippen LogP contribution in [-0.2, 0) is 4.79 Å². The third-order valence-corrected chi connectivity index (χ3v) is 5.78. The standard InChI is InChI=1S/C24H23N5OS/c1-16-4-7-20(8-5-16)29-23(19-10-12-25-13-11-19)27-28-24(29)31-15-22(30)26-21-9-6-17(2)14-18(21)3/h4-14H,15H2,1-3H3,(H,26,30). The molecule has 0 saturated carbocycles. The number of carbonyl (C=O) groups excluding carboxylic acids is 1. The van der Waals surface area contributed by atoms with Gasteiger partial charge < -0.3 is 5.32 Å². The van der Waals surface area contributed by atoms with Crippen LogP contribution in [0.15, 0.2) is 72.1 Å². The maximum absolute atomic E-state index is 12.6. The smallest absolute Gasteiger partial charge is 0.234 e. The first-order valence-electron chi connectivity index (χ1n) is 9.94. The van der Waals surface area contributed by atoms with E-state index in [9.17, 15) is 4.79 Å². The number of nitrogens with one attached hydrogen (secondary N) is 1. The van der Waals surface area contributed by atoms with Crippen molar-refractivity contribution in [2.75, 3.05) is 11.1 Å². The van der Waals surface area contributed by atoms with E-state index >= 15 is 0 Å². The highest BCUT2D eigenvalue weighted by molar-refractivity contribution is 7.99. The Balaban J connectivity index is 1.58. The zero-order valence-electron chi connectivity index (χ0n) is 17.7.